The first kappa shape index (κ1) is 107. The first-order valence-electron chi connectivity index (χ1n) is 40.7. The number of primary amides is 2. The van der Waals surface area contributed by atoms with Gasteiger partial charge in [0.05, 0.1) is 71.1 Å². The summed E-state index contributed by atoms with van der Waals surface area (Å²) in [6, 6.07) is 5.24. The van der Waals surface area contributed by atoms with Gasteiger partial charge in [-0.1, -0.05) is 44.2 Å². The zero-order valence-electron chi connectivity index (χ0n) is 70.1. The van der Waals surface area contributed by atoms with Gasteiger partial charge in [-0.3, -0.25) is 76.6 Å². The Kier molecular flexibility index (Phi) is 51.7. The number of urea groups is 2. The number of anilines is 2. The number of aryl methyl sites for hydroxylation is 1. The lowest BCUT2D eigenvalue weighted by molar-refractivity contribution is -0.140. The van der Waals surface area contributed by atoms with Gasteiger partial charge in [-0.25, -0.2) is 9.59 Å². The Bertz CT molecular complexity index is 3840. The van der Waals surface area contributed by atoms with Gasteiger partial charge in [-0.05, 0) is 132 Å². The highest BCUT2D eigenvalue weighted by Crippen LogP contribution is 2.51. The van der Waals surface area contributed by atoms with Gasteiger partial charge in [0, 0.05) is 108 Å². The van der Waals surface area contributed by atoms with E-state index in [2.05, 4.69) is 69.1 Å². The number of nitrogens with one attached hydrogen (secondary N) is 14. The number of likely N-dealkylation sites (tertiary alicyclic amines) is 1. The molecule has 45 heteroatoms. The maximum absolute atomic E-state index is 13.9. The van der Waals surface area contributed by atoms with Gasteiger partial charge in [0.2, 0.25) is 76.8 Å². The van der Waals surface area contributed by atoms with Crippen LogP contribution >= 0.6 is 19.4 Å². The zero-order chi connectivity index (χ0) is 91.3. The molecule has 7 atom stereocenters. The van der Waals surface area contributed by atoms with Crippen molar-refractivity contribution in [2.45, 2.75) is 197 Å². The summed E-state index contributed by atoms with van der Waals surface area (Å²) in [5, 5.41) is 68.5. The van der Waals surface area contributed by atoms with Crippen LogP contribution in [0.4, 0.5) is 21.0 Å². The third-order valence-electron chi connectivity index (χ3n) is 18.7. The fraction of sp³-hybridized carbons (Fsp3) is 0.628. The summed E-state index contributed by atoms with van der Waals surface area (Å²) in [6.07, 6.45) is 0.995. The number of unbranched alkanes of at least 4 members (excludes halogenated alkanes) is 2. The predicted molar refractivity (Wildman–Crippen MR) is 449 cm³/mol. The topological polar surface area (TPSA) is 664 Å². The highest BCUT2D eigenvalue weighted by molar-refractivity contribution is 8.00. The molecule has 3 rings (SSSR count). The predicted octanol–water partition coefficient (Wildman–Crippen LogP) is -1.07. The SMILES string of the molecule is Cc1ccccc1NC(=O)Nc1ccc(CC(=O)N[C@@H](CCCNC(N)=O)C(=O)N[C@@H](CCC(=O)O)C(=O)N[C@@H](CO)C(=O)N[C@H](C(=O)NCCOCCOCCNC(=O)CCC(=O)NCCOCCOCCNC(=O)CCC(=O)N[C@@H](CCCCNC(=O)CCN2C(=O)CC(SCCCC(=N)CCCCC(C)(O)P(=O)(O)O)C2=O)C(N)=O)C(C)C)cc1. The number of aliphatic hydroxyl groups excluding tert-OH is 1. The smallest absolute Gasteiger partial charge is 0.356 e. The minimum Gasteiger partial charge on any atom is -0.481 e. The number of ether oxygens (including phenoxy) is 4. The molecule has 17 amide bonds. The number of para-hydroxylation sites is 1. The fourth-order valence-electron chi connectivity index (χ4n) is 11.6. The highest BCUT2D eigenvalue weighted by Gasteiger charge is 2.41. The van der Waals surface area contributed by atoms with Crippen LogP contribution < -0.4 is 80.6 Å². The third kappa shape index (κ3) is 46.7. The van der Waals surface area contributed by atoms with Gasteiger partial charge in [-0.15, -0.1) is 11.8 Å². The Morgan fingerprint density at radius 2 is 1.06 bits per heavy atom. The summed E-state index contributed by atoms with van der Waals surface area (Å²) in [4.78, 5) is 223. The monoisotopic (exact) mass is 1780 g/mol. The van der Waals surface area contributed by atoms with Crippen molar-refractivity contribution >= 4 is 131 Å². The van der Waals surface area contributed by atoms with Crippen LogP contribution in [0, 0.1) is 18.3 Å². The van der Waals surface area contributed by atoms with Gasteiger partial charge >= 0.3 is 25.6 Å². The van der Waals surface area contributed by atoms with Crippen molar-refractivity contribution in [2.75, 3.05) is 122 Å². The van der Waals surface area contributed by atoms with E-state index >= 15 is 0 Å². The molecule has 1 aliphatic rings. The van der Waals surface area contributed by atoms with E-state index in [9.17, 15) is 106 Å². The summed E-state index contributed by atoms with van der Waals surface area (Å²) < 4.78 is 33.3. The van der Waals surface area contributed by atoms with Crippen LogP contribution in [0.3, 0.4) is 0 Å². The minimum absolute atomic E-state index is 0.00346. The molecule has 2 unspecified atom stereocenters. The van der Waals surface area contributed by atoms with Crippen molar-refractivity contribution in [1.29, 1.82) is 5.41 Å². The lowest BCUT2D eigenvalue weighted by Crippen LogP contribution is -2.60. The molecule has 0 bridgehead atoms. The molecule has 123 heavy (non-hydrogen) atoms. The van der Waals surface area contributed by atoms with E-state index in [1.807, 2.05) is 19.1 Å². The molecule has 1 heterocycles. The number of carboxylic acids is 1. The summed E-state index contributed by atoms with van der Waals surface area (Å²) in [6.45, 7) is 6.71. The maximum Gasteiger partial charge on any atom is 0.356 e. The summed E-state index contributed by atoms with van der Waals surface area (Å²) >= 11 is 1.30. The molecular weight excluding hydrogens is 1650 g/mol. The Morgan fingerprint density at radius 3 is 1.60 bits per heavy atom. The van der Waals surface area contributed by atoms with Crippen LogP contribution in [-0.2, 0) is 97.1 Å². The lowest BCUT2D eigenvalue weighted by Gasteiger charge is -2.26. The third-order valence-corrected chi connectivity index (χ3v) is 21.5. The number of amides is 17. The number of aliphatic hydroxyl groups is 2. The van der Waals surface area contributed by atoms with Crippen molar-refractivity contribution in [3.05, 3.63) is 59.7 Å². The Labute approximate surface area is 717 Å². The van der Waals surface area contributed by atoms with Crippen LogP contribution in [0.5, 0.6) is 0 Å². The number of nitrogens with zero attached hydrogens (tertiary/aromatic N) is 1. The largest absolute Gasteiger partial charge is 0.481 e. The Balaban J connectivity index is 1.20. The maximum atomic E-state index is 13.9. The summed E-state index contributed by atoms with van der Waals surface area (Å²) in [7, 11) is -4.66. The number of carbonyl (C=O) groups is 16. The number of nitrogens with two attached hydrogens (primary N) is 2. The molecule has 1 aliphatic heterocycles. The number of thioether (sulfide) groups is 1. The zero-order valence-corrected chi connectivity index (χ0v) is 71.8. The number of benzene rings is 2. The summed E-state index contributed by atoms with van der Waals surface area (Å²) in [5.41, 5.74) is 13.5. The van der Waals surface area contributed by atoms with Crippen molar-refractivity contribution in [1.82, 2.24) is 63.4 Å². The molecule has 23 N–H and O–H groups in total. The van der Waals surface area contributed by atoms with Crippen LogP contribution in [0.1, 0.15) is 154 Å². The van der Waals surface area contributed by atoms with Crippen LogP contribution in [0.2, 0.25) is 0 Å². The first-order chi connectivity index (χ1) is 58.4. The van der Waals surface area contributed by atoms with Gasteiger partial charge < -0.3 is 130 Å². The average molecular weight is 1780 g/mol. The van der Waals surface area contributed by atoms with E-state index in [-0.39, 0.29) is 193 Å². The van der Waals surface area contributed by atoms with Crippen molar-refractivity contribution < 1.29 is 125 Å². The number of hydrogen-bond acceptors (Lipinski definition) is 25. The standard InChI is InChI=1S/C78H124N17O26PS/c1-50(2)69(94-73(109)59(49-96)92-72(108)58(23-28-68(104)105)91-71(107)57(18-11-32-87-76(81)112)90-66(102)47-52-19-21-54(22-20-52)88-77(113)93-55-16-6-5-13-51(55)3)74(110)86-36-41-121-45-44-120-39-34-84-62(98)25-24-61(97)83-33-38-118-42-43-119-40-35-85-63(99)26-27-65(101)89-56(70(80)106)17-8-10-31-82-64(100)29-37-95-67(103)48-60(75(95)111)123-46-12-15-53(79)14-7-9-30-78(4,114)122(115,116)117/h5-6,13,16,19-22,50,56-60,69,79,96,114H,7-12,14-15,17-18,23-49H2,1-4H3,(H2,80,106)(H,82,100)(H,83,97)(H,84,98)(H,85,99)(H,86,110)(H,89,101)(H,90,102)(H,91,107)(H,92,108)(H,94,109)(H,104,105)(H3,81,87,112)(H2,88,93,113)(H2,115,116,117)/t56-,57-,58-,59-,60?,69-,78?/m0/s1. The number of aliphatic carboxylic acids is 1. The Morgan fingerprint density at radius 1 is 0.553 bits per heavy atom. The molecule has 2 aromatic carbocycles. The van der Waals surface area contributed by atoms with Crippen LogP contribution in [-0.4, -0.2) is 282 Å². The number of carbonyl (C=O) groups excluding carboxylic acids is 15. The normalized spacial score (nSPS) is 14.2. The number of imide groups is 1. The molecule has 0 aromatic heterocycles. The molecule has 1 saturated heterocycles. The molecule has 0 saturated carbocycles. The average Bonchev–Trinajstić information content (AvgIpc) is 1.65. The second-order valence-electron chi connectivity index (χ2n) is 29.3. The van der Waals surface area contributed by atoms with Crippen molar-refractivity contribution in [3.8, 4) is 0 Å². The van der Waals surface area contributed by atoms with Gasteiger partial charge in [0.1, 0.15) is 30.2 Å². The number of hydrogen-bond donors (Lipinski definition) is 21. The van der Waals surface area contributed by atoms with E-state index in [1.165, 1.54) is 11.8 Å². The number of rotatable bonds is 66. The van der Waals surface area contributed by atoms with E-state index in [0.29, 0.717) is 73.3 Å². The fourth-order valence-corrected chi connectivity index (χ4v) is 13.2. The summed E-state index contributed by atoms with van der Waals surface area (Å²) in [5.74, 6) is -9.38. The van der Waals surface area contributed by atoms with Gasteiger partial charge in [0.25, 0.3) is 0 Å². The molecule has 688 valence electrons. The quantitative estimate of drug-likeness (QED) is 0.0162. The molecular formula is C78H124N17O26PS. The highest BCUT2D eigenvalue weighted by atomic mass is 32.2. The van der Waals surface area contributed by atoms with E-state index in [4.69, 9.17) is 35.8 Å². The molecule has 0 spiro atoms. The molecule has 0 aliphatic carbocycles. The minimum atomic E-state index is -4.66. The number of carboxylic acid groups (broad SMARTS) is 1. The second-order valence-corrected chi connectivity index (χ2v) is 32.7. The van der Waals surface area contributed by atoms with Crippen LogP contribution in [0.15, 0.2) is 48.5 Å². The van der Waals surface area contributed by atoms with Crippen molar-refractivity contribution in [2.24, 2.45) is 17.4 Å². The van der Waals surface area contributed by atoms with E-state index in [1.54, 1.807) is 50.2 Å². The molecule has 0 radical (unpaired) electrons. The lowest BCUT2D eigenvalue weighted by atomic mass is 10.0. The molecule has 1 fully saturated rings. The van der Waals surface area contributed by atoms with E-state index in [0.717, 1.165) is 17.4 Å². The van der Waals surface area contributed by atoms with Crippen molar-refractivity contribution in [3.63, 3.8) is 0 Å². The Hall–Kier alpha value is -10.3. The van der Waals surface area contributed by atoms with E-state index < -0.39 is 145 Å². The first-order valence-corrected chi connectivity index (χ1v) is 43.4. The van der Waals surface area contributed by atoms with Gasteiger partial charge in [0.15, 0.2) is 5.34 Å². The molecule has 2 aromatic rings. The second kappa shape index (κ2) is 59.5. The van der Waals surface area contributed by atoms with Gasteiger partial charge in [-0.2, -0.15) is 0 Å². The molecule has 43 nitrogen and oxygen atoms in total. The van der Waals surface area contributed by atoms with Crippen LogP contribution in [0.25, 0.3) is 0 Å².